The van der Waals surface area contributed by atoms with Crippen molar-refractivity contribution < 1.29 is 10.2 Å². The normalized spacial score (nSPS) is 16.4. The fraction of sp³-hybridized carbons (Fsp3) is 0.750. The molecule has 0 aliphatic rings. The van der Waals surface area contributed by atoms with Crippen LogP contribution in [0.5, 0.6) is 0 Å². The molecule has 10 heavy (non-hydrogen) atoms. The van der Waals surface area contributed by atoms with Crippen molar-refractivity contribution in [3.05, 3.63) is 12.2 Å². The third kappa shape index (κ3) is 2.50. The molecule has 0 heterocycles. The Morgan fingerprint density at radius 3 is 2.20 bits per heavy atom. The van der Waals surface area contributed by atoms with Crippen LogP contribution in [0.1, 0.15) is 20.3 Å². The van der Waals surface area contributed by atoms with Crippen LogP contribution in [0.3, 0.4) is 0 Å². The van der Waals surface area contributed by atoms with Crippen LogP contribution < -0.4 is 0 Å². The SMILES string of the molecule is C=C(C)C(CO)C(O)CC. The van der Waals surface area contributed by atoms with E-state index in [-0.39, 0.29) is 12.5 Å². The second kappa shape index (κ2) is 4.47. The van der Waals surface area contributed by atoms with Crippen molar-refractivity contribution in [1.29, 1.82) is 0 Å². The van der Waals surface area contributed by atoms with E-state index >= 15 is 0 Å². The first-order valence-electron chi connectivity index (χ1n) is 3.57. The van der Waals surface area contributed by atoms with Crippen LogP contribution in [0.4, 0.5) is 0 Å². The largest absolute Gasteiger partial charge is 0.396 e. The standard InChI is InChI=1S/C8H16O2/c1-4-8(10)7(5-9)6(2)3/h7-10H,2,4-5H2,1,3H3. The summed E-state index contributed by atoms with van der Waals surface area (Å²) in [6, 6.07) is 0. The Kier molecular flexibility index (Phi) is 4.32. The first kappa shape index (κ1) is 9.66. The Morgan fingerprint density at radius 1 is 1.60 bits per heavy atom. The molecule has 60 valence electrons. The van der Waals surface area contributed by atoms with Gasteiger partial charge < -0.3 is 10.2 Å². The molecule has 0 bridgehead atoms. The highest BCUT2D eigenvalue weighted by atomic mass is 16.3. The van der Waals surface area contributed by atoms with Gasteiger partial charge in [0.15, 0.2) is 0 Å². The van der Waals surface area contributed by atoms with Crippen LogP contribution in [0.25, 0.3) is 0 Å². The quantitative estimate of drug-likeness (QED) is 0.576. The van der Waals surface area contributed by atoms with Crippen LogP contribution in [0.15, 0.2) is 12.2 Å². The summed E-state index contributed by atoms with van der Waals surface area (Å²) in [5, 5.41) is 18.0. The zero-order chi connectivity index (χ0) is 8.15. The van der Waals surface area contributed by atoms with Gasteiger partial charge in [-0.1, -0.05) is 19.1 Å². The molecule has 0 spiro atoms. The summed E-state index contributed by atoms with van der Waals surface area (Å²) >= 11 is 0. The molecule has 2 unspecified atom stereocenters. The molecule has 0 aliphatic carbocycles. The maximum atomic E-state index is 9.27. The van der Waals surface area contributed by atoms with E-state index < -0.39 is 6.10 Å². The lowest BCUT2D eigenvalue weighted by Crippen LogP contribution is -2.23. The van der Waals surface area contributed by atoms with Gasteiger partial charge in [0.05, 0.1) is 12.7 Å². The molecule has 0 aromatic carbocycles. The number of hydrogen-bond acceptors (Lipinski definition) is 2. The Bertz CT molecular complexity index is 110. The zero-order valence-corrected chi connectivity index (χ0v) is 6.67. The van der Waals surface area contributed by atoms with E-state index in [0.29, 0.717) is 6.42 Å². The van der Waals surface area contributed by atoms with Gasteiger partial charge in [0.25, 0.3) is 0 Å². The summed E-state index contributed by atoms with van der Waals surface area (Å²) in [7, 11) is 0. The average Bonchev–Trinajstić information content (AvgIpc) is 1.88. The smallest absolute Gasteiger partial charge is 0.0624 e. The lowest BCUT2D eigenvalue weighted by atomic mass is 9.95. The van der Waals surface area contributed by atoms with Crippen molar-refractivity contribution in [2.75, 3.05) is 6.61 Å². The van der Waals surface area contributed by atoms with Gasteiger partial charge >= 0.3 is 0 Å². The predicted octanol–water partition coefficient (Wildman–Crippen LogP) is 0.942. The third-order valence-corrected chi connectivity index (χ3v) is 1.71. The monoisotopic (exact) mass is 144 g/mol. The highest BCUT2D eigenvalue weighted by molar-refractivity contribution is 4.98. The fourth-order valence-electron chi connectivity index (χ4n) is 0.890. The maximum absolute atomic E-state index is 9.27. The Balaban J connectivity index is 3.92. The second-order valence-electron chi connectivity index (χ2n) is 2.61. The van der Waals surface area contributed by atoms with Crippen LogP contribution in [-0.4, -0.2) is 22.9 Å². The molecule has 0 aliphatic heterocycles. The summed E-state index contributed by atoms with van der Waals surface area (Å²) in [5.74, 6) is -0.148. The van der Waals surface area contributed by atoms with Crippen molar-refractivity contribution >= 4 is 0 Å². The van der Waals surface area contributed by atoms with Gasteiger partial charge in [-0.3, -0.25) is 0 Å². The van der Waals surface area contributed by atoms with Gasteiger partial charge in [-0.2, -0.15) is 0 Å². The summed E-state index contributed by atoms with van der Waals surface area (Å²) in [6.07, 6.45) is 0.223. The Morgan fingerprint density at radius 2 is 2.10 bits per heavy atom. The molecule has 0 aromatic heterocycles. The van der Waals surface area contributed by atoms with Gasteiger partial charge in [-0.15, -0.1) is 0 Å². The molecule has 0 fully saturated rings. The Labute approximate surface area is 62.2 Å². The van der Waals surface area contributed by atoms with E-state index in [1.165, 1.54) is 0 Å². The van der Waals surface area contributed by atoms with E-state index in [2.05, 4.69) is 6.58 Å². The van der Waals surface area contributed by atoms with Crippen molar-refractivity contribution in [2.45, 2.75) is 26.4 Å². The lowest BCUT2D eigenvalue weighted by Gasteiger charge is -2.19. The Hall–Kier alpha value is -0.340. The molecular weight excluding hydrogens is 128 g/mol. The van der Waals surface area contributed by atoms with E-state index in [0.717, 1.165) is 5.57 Å². The van der Waals surface area contributed by atoms with Crippen LogP contribution in [-0.2, 0) is 0 Å². The molecule has 2 heteroatoms. The van der Waals surface area contributed by atoms with Gasteiger partial charge in [0, 0.05) is 5.92 Å². The van der Waals surface area contributed by atoms with Crippen LogP contribution in [0.2, 0.25) is 0 Å². The van der Waals surface area contributed by atoms with Crippen LogP contribution >= 0.6 is 0 Å². The van der Waals surface area contributed by atoms with Crippen molar-refractivity contribution in [3.63, 3.8) is 0 Å². The molecule has 0 amide bonds. The molecule has 0 rings (SSSR count). The molecule has 2 N–H and O–H groups in total. The first-order valence-corrected chi connectivity index (χ1v) is 3.57. The van der Waals surface area contributed by atoms with E-state index in [4.69, 9.17) is 5.11 Å². The molecule has 0 radical (unpaired) electrons. The van der Waals surface area contributed by atoms with Gasteiger partial charge in [0.1, 0.15) is 0 Å². The van der Waals surface area contributed by atoms with Gasteiger partial charge in [-0.25, -0.2) is 0 Å². The van der Waals surface area contributed by atoms with E-state index in [1.807, 2.05) is 13.8 Å². The molecule has 0 saturated heterocycles. The minimum absolute atomic E-state index is 0.00958. The lowest BCUT2D eigenvalue weighted by molar-refractivity contribution is 0.0833. The fourth-order valence-corrected chi connectivity index (χ4v) is 0.890. The number of aliphatic hydroxyl groups excluding tert-OH is 2. The summed E-state index contributed by atoms with van der Waals surface area (Å²) in [4.78, 5) is 0. The summed E-state index contributed by atoms with van der Waals surface area (Å²) in [6.45, 7) is 7.37. The number of hydrogen-bond donors (Lipinski definition) is 2. The van der Waals surface area contributed by atoms with E-state index in [9.17, 15) is 5.11 Å². The highest BCUT2D eigenvalue weighted by Gasteiger charge is 2.16. The average molecular weight is 144 g/mol. The minimum Gasteiger partial charge on any atom is -0.396 e. The molecule has 2 nitrogen and oxygen atoms in total. The topological polar surface area (TPSA) is 40.5 Å². The third-order valence-electron chi connectivity index (χ3n) is 1.71. The second-order valence-corrected chi connectivity index (χ2v) is 2.61. The van der Waals surface area contributed by atoms with Crippen LogP contribution in [0, 0.1) is 5.92 Å². The molecule has 2 atom stereocenters. The molecular formula is C8H16O2. The van der Waals surface area contributed by atoms with E-state index in [1.54, 1.807) is 0 Å². The summed E-state index contributed by atoms with van der Waals surface area (Å²) < 4.78 is 0. The van der Waals surface area contributed by atoms with Crippen molar-refractivity contribution in [1.82, 2.24) is 0 Å². The first-order chi connectivity index (χ1) is 4.63. The molecule has 0 aromatic rings. The number of rotatable bonds is 4. The molecule has 0 saturated carbocycles. The predicted molar refractivity (Wildman–Crippen MR) is 41.7 cm³/mol. The van der Waals surface area contributed by atoms with Gasteiger partial charge in [-0.05, 0) is 13.3 Å². The highest BCUT2D eigenvalue weighted by Crippen LogP contribution is 2.14. The van der Waals surface area contributed by atoms with Crippen molar-refractivity contribution in [3.8, 4) is 0 Å². The van der Waals surface area contributed by atoms with Gasteiger partial charge in [0.2, 0.25) is 0 Å². The summed E-state index contributed by atoms with van der Waals surface area (Å²) in [5.41, 5.74) is 0.844. The maximum Gasteiger partial charge on any atom is 0.0624 e. The minimum atomic E-state index is -0.442. The van der Waals surface area contributed by atoms with Crippen molar-refractivity contribution in [2.24, 2.45) is 5.92 Å². The zero-order valence-electron chi connectivity index (χ0n) is 6.67. The number of aliphatic hydroxyl groups is 2.